The summed E-state index contributed by atoms with van der Waals surface area (Å²) in [6.07, 6.45) is 3.42. The van der Waals surface area contributed by atoms with Gasteiger partial charge in [-0.15, -0.1) is 0 Å². The van der Waals surface area contributed by atoms with Crippen LogP contribution < -0.4 is 10.1 Å². The summed E-state index contributed by atoms with van der Waals surface area (Å²) in [5.74, 6) is -0.500. The number of carbonyl (C=O) groups excluding carboxylic acids is 1. The minimum atomic E-state index is -3.19. The molecule has 2 aromatic heterocycles. The molecule has 2 fully saturated rings. The van der Waals surface area contributed by atoms with Crippen LogP contribution in [0.25, 0.3) is 22.3 Å². The molecular formula is C24H26F2N4O5S. The predicted octanol–water partition coefficient (Wildman–Crippen LogP) is 3.36. The van der Waals surface area contributed by atoms with Crippen molar-refractivity contribution in [3.8, 4) is 17.0 Å². The summed E-state index contributed by atoms with van der Waals surface area (Å²) in [5, 5.41) is 7.61. The van der Waals surface area contributed by atoms with Crippen LogP contribution in [0.3, 0.4) is 0 Å². The van der Waals surface area contributed by atoms with Crippen LogP contribution in [0.15, 0.2) is 36.5 Å². The molecule has 1 N–H and O–H groups in total. The highest BCUT2D eigenvalue weighted by atomic mass is 32.2. The lowest BCUT2D eigenvalue weighted by atomic mass is 10.0. The number of sulfone groups is 1. The van der Waals surface area contributed by atoms with Crippen molar-refractivity contribution in [1.82, 2.24) is 20.1 Å². The van der Waals surface area contributed by atoms with Gasteiger partial charge >= 0.3 is 6.61 Å². The molecule has 2 aliphatic heterocycles. The summed E-state index contributed by atoms with van der Waals surface area (Å²) in [7, 11) is -3.19. The second-order valence-corrected chi connectivity index (χ2v) is 11.7. The van der Waals surface area contributed by atoms with Crippen LogP contribution in [-0.2, 0) is 14.6 Å². The molecule has 192 valence electrons. The number of halogens is 2. The highest BCUT2D eigenvalue weighted by molar-refractivity contribution is 7.91. The fraction of sp³-hybridized carbons (Fsp3) is 0.458. The third-order valence-corrected chi connectivity index (χ3v) is 8.45. The molecule has 4 heterocycles. The number of nitrogens with zero attached hydrogens (tertiary/aromatic N) is 3. The largest absolute Gasteiger partial charge is 0.435 e. The molecule has 36 heavy (non-hydrogen) atoms. The number of benzene rings is 1. The first kappa shape index (κ1) is 24.6. The second-order valence-electron chi connectivity index (χ2n) is 9.52. The summed E-state index contributed by atoms with van der Waals surface area (Å²) in [4.78, 5) is 17.6. The van der Waals surface area contributed by atoms with Crippen molar-refractivity contribution in [2.24, 2.45) is 0 Å². The fourth-order valence-electron chi connectivity index (χ4n) is 4.81. The maximum absolute atomic E-state index is 13.1. The van der Waals surface area contributed by atoms with Crippen LogP contribution in [0.2, 0.25) is 0 Å². The number of hydrogen-bond acceptors (Lipinski definition) is 7. The van der Waals surface area contributed by atoms with E-state index in [4.69, 9.17) is 9.84 Å². The smallest absolute Gasteiger partial charge is 0.387 e. The van der Waals surface area contributed by atoms with Crippen LogP contribution in [0.4, 0.5) is 8.78 Å². The summed E-state index contributed by atoms with van der Waals surface area (Å²) in [6, 6.07) is 7.82. The van der Waals surface area contributed by atoms with Gasteiger partial charge in [-0.3, -0.25) is 14.5 Å². The van der Waals surface area contributed by atoms with E-state index in [-0.39, 0.29) is 28.9 Å². The molecule has 0 bridgehead atoms. The third kappa shape index (κ3) is 5.05. The van der Waals surface area contributed by atoms with Crippen molar-refractivity contribution in [2.45, 2.75) is 44.4 Å². The highest BCUT2D eigenvalue weighted by Crippen LogP contribution is 2.33. The molecule has 0 unspecified atom stereocenters. The standard InChI is InChI=1S/C24H26F2N4O5S/c1-24(7-9-36(32,33)14-24)28-22(31)16-11-19-21(27-12-16)20(29-30(19)17-5-3-8-34-13-17)15-4-2-6-18(10-15)35-23(25)26/h2,4,6,10-12,17,23H,3,5,7-9,13-14H2,1H3,(H,28,31)/t17-,24-/m0/s1. The molecule has 3 aromatic rings. The highest BCUT2D eigenvalue weighted by Gasteiger charge is 2.39. The molecule has 1 amide bonds. The average Bonchev–Trinajstić information content (AvgIpc) is 3.35. The Hall–Kier alpha value is -3.12. The predicted molar refractivity (Wildman–Crippen MR) is 128 cm³/mol. The average molecular weight is 521 g/mol. The maximum atomic E-state index is 13.1. The Labute approximate surface area is 206 Å². The molecular weight excluding hydrogens is 494 g/mol. The topological polar surface area (TPSA) is 112 Å². The van der Waals surface area contributed by atoms with Crippen LogP contribution in [-0.4, -0.2) is 66.0 Å². The van der Waals surface area contributed by atoms with Crippen molar-refractivity contribution < 1.29 is 31.5 Å². The Kier molecular flexibility index (Phi) is 6.41. The van der Waals surface area contributed by atoms with E-state index in [2.05, 4.69) is 15.0 Å². The Morgan fingerprint density at radius 2 is 2.17 bits per heavy atom. The zero-order valence-electron chi connectivity index (χ0n) is 19.6. The summed E-state index contributed by atoms with van der Waals surface area (Å²) >= 11 is 0. The molecule has 2 atom stereocenters. The maximum Gasteiger partial charge on any atom is 0.387 e. The van der Waals surface area contributed by atoms with Gasteiger partial charge in [-0.1, -0.05) is 12.1 Å². The number of hydrogen-bond donors (Lipinski definition) is 1. The SMILES string of the molecule is C[C@]1(NC(=O)c2cnc3c(-c4cccc(OC(F)F)c4)nn([C@H]4CCCOC4)c3c2)CCS(=O)(=O)C1. The third-order valence-electron chi connectivity index (χ3n) is 6.54. The van der Waals surface area contributed by atoms with Gasteiger partial charge in [0.1, 0.15) is 17.0 Å². The number of amides is 1. The van der Waals surface area contributed by atoms with Crippen LogP contribution in [0.5, 0.6) is 5.75 Å². The van der Waals surface area contributed by atoms with Crippen LogP contribution in [0.1, 0.15) is 42.6 Å². The molecule has 12 heteroatoms. The zero-order valence-corrected chi connectivity index (χ0v) is 20.4. The normalized spacial score (nSPS) is 23.7. The van der Waals surface area contributed by atoms with Crippen LogP contribution in [0, 0.1) is 0 Å². The molecule has 5 rings (SSSR count). The van der Waals surface area contributed by atoms with Crippen molar-refractivity contribution >= 4 is 26.8 Å². The van der Waals surface area contributed by atoms with E-state index >= 15 is 0 Å². The molecule has 1 aromatic carbocycles. The quantitative estimate of drug-likeness (QED) is 0.530. The Morgan fingerprint density at radius 3 is 2.86 bits per heavy atom. The number of aromatic nitrogens is 3. The molecule has 0 radical (unpaired) electrons. The van der Waals surface area contributed by atoms with E-state index in [0.717, 1.165) is 12.8 Å². The molecule has 2 aliphatic rings. The molecule has 9 nitrogen and oxygen atoms in total. The van der Waals surface area contributed by atoms with Gasteiger partial charge in [-0.2, -0.15) is 13.9 Å². The Bertz CT molecular complexity index is 1400. The first-order valence-corrected chi connectivity index (χ1v) is 13.5. The second kappa shape index (κ2) is 9.40. The minimum Gasteiger partial charge on any atom is -0.435 e. The molecule has 0 spiro atoms. The monoisotopic (exact) mass is 520 g/mol. The van der Waals surface area contributed by atoms with E-state index < -0.39 is 27.9 Å². The van der Waals surface area contributed by atoms with Gasteiger partial charge in [-0.25, -0.2) is 8.42 Å². The van der Waals surface area contributed by atoms with Crippen molar-refractivity contribution in [2.75, 3.05) is 24.7 Å². The number of nitrogens with one attached hydrogen (secondary N) is 1. The first-order chi connectivity index (χ1) is 17.1. The molecule has 0 saturated carbocycles. The van der Waals surface area contributed by atoms with Crippen molar-refractivity contribution in [3.05, 3.63) is 42.1 Å². The van der Waals surface area contributed by atoms with Crippen molar-refractivity contribution in [3.63, 3.8) is 0 Å². The van der Waals surface area contributed by atoms with Gasteiger partial charge in [-0.05, 0) is 44.4 Å². The van der Waals surface area contributed by atoms with Gasteiger partial charge in [0.2, 0.25) is 0 Å². The van der Waals surface area contributed by atoms with Gasteiger partial charge < -0.3 is 14.8 Å². The van der Waals surface area contributed by atoms with E-state index in [9.17, 15) is 22.0 Å². The van der Waals surface area contributed by atoms with Gasteiger partial charge in [0.15, 0.2) is 9.84 Å². The number of fused-ring (bicyclic) bond motifs is 1. The summed E-state index contributed by atoms with van der Waals surface area (Å²) in [5.41, 5.74) is 1.53. The number of rotatable bonds is 6. The lowest BCUT2D eigenvalue weighted by molar-refractivity contribution is -0.0498. The zero-order chi connectivity index (χ0) is 25.5. The lowest BCUT2D eigenvalue weighted by Crippen LogP contribution is -2.46. The minimum absolute atomic E-state index is 0.00181. The number of pyridine rings is 1. The van der Waals surface area contributed by atoms with Gasteiger partial charge in [0.05, 0.1) is 40.8 Å². The molecule has 0 aliphatic carbocycles. The van der Waals surface area contributed by atoms with E-state index in [1.54, 1.807) is 29.8 Å². The fourth-order valence-corrected chi connectivity index (χ4v) is 6.90. The van der Waals surface area contributed by atoms with E-state index in [1.807, 2.05) is 0 Å². The number of carbonyl (C=O) groups is 1. The Morgan fingerprint density at radius 1 is 1.33 bits per heavy atom. The summed E-state index contributed by atoms with van der Waals surface area (Å²) < 4.78 is 61.3. The van der Waals surface area contributed by atoms with Gasteiger partial charge in [0, 0.05) is 18.4 Å². The van der Waals surface area contributed by atoms with E-state index in [0.29, 0.717) is 41.9 Å². The van der Waals surface area contributed by atoms with Gasteiger partial charge in [0.25, 0.3) is 5.91 Å². The number of alkyl halides is 2. The van der Waals surface area contributed by atoms with Crippen LogP contribution >= 0.6 is 0 Å². The van der Waals surface area contributed by atoms with Crippen molar-refractivity contribution in [1.29, 1.82) is 0 Å². The first-order valence-electron chi connectivity index (χ1n) is 11.7. The molecule has 2 saturated heterocycles. The Balaban J connectivity index is 1.54. The van der Waals surface area contributed by atoms with E-state index in [1.165, 1.54) is 18.3 Å². The lowest BCUT2D eigenvalue weighted by Gasteiger charge is -2.24. The summed E-state index contributed by atoms with van der Waals surface area (Å²) in [6.45, 7) is -0.137. The number of ether oxygens (including phenoxy) is 2.